The molecule has 1 aliphatic heterocycles. The van der Waals surface area contributed by atoms with Gasteiger partial charge in [-0.25, -0.2) is 0 Å². The van der Waals surface area contributed by atoms with Crippen LogP contribution in [0.4, 0.5) is 0 Å². The number of aromatic nitrogens is 1. The molecule has 13 aromatic rings. The van der Waals surface area contributed by atoms with E-state index in [9.17, 15) is 0 Å². The minimum atomic E-state index is -0.720. The monoisotopic (exact) mass is 851 g/mol. The topological polar surface area (TPSA) is 4.93 Å². The third-order valence-electron chi connectivity index (χ3n) is 14.4. The summed E-state index contributed by atoms with van der Waals surface area (Å²) < 4.78 is 2.52. The highest BCUT2D eigenvalue weighted by atomic mass is 28.2. The highest BCUT2D eigenvalue weighted by Gasteiger charge is 2.23. The van der Waals surface area contributed by atoms with E-state index in [4.69, 9.17) is 0 Å². The lowest BCUT2D eigenvalue weighted by atomic mass is 9.92. The molecule has 306 valence electrons. The van der Waals surface area contributed by atoms with Crippen molar-refractivity contribution in [1.82, 2.24) is 4.57 Å². The molecule has 12 aromatic carbocycles. The number of fused-ring (bicyclic) bond motifs is 12. The van der Waals surface area contributed by atoms with Gasteiger partial charge in [0.1, 0.15) is 0 Å². The molecule has 0 atom stereocenters. The van der Waals surface area contributed by atoms with Crippen LogP contribution in [0.5, 0.6) is 0 Å². The molecule has 0 saturated carbocycles. The van der Waals surface area contributed by atoms with Crippen LogP contribution in [-0.2, 0) is 0 Å². The van der Waals surface area contributed by atoms with E-state index in [0.29, 0.717) is 0 Å². The molecule has 2 heteroatoms. The van der Waals surface area contributed by atoms with E-state index in [0.717, 1.165) is 0 Å². The number of benzene rings is 12. The van der Waals surface area contributed by atoms with E-state index in [2.05, 4.69) is 241 Å². The molecule has 0 amide bonds. The second kappa shape index (κ2) is 14.6. The molecular formula is C64H41NSi. The van der Waals surface area contributed by atoms with Crippen LogP contribution in [0.2, 0.25) is 0 Å². The third kappa shape index (κ3) is 5.79. The second-order valence-electron chi connectivity index (χ2n) is 18.0. The zero-order valence-corrected chi connectivity index (χ0v) is 37.6. The summed E-state index contributed by atoms with van der Waals surface area (Å²) in [6, 6.07) is 88.6. The van der Waals surface area contributed by atoms with Gasteiger partial charge in [0, 0.05) is 16.5 Å². The Kier molecular flexibility index (Phi) is 8.22. The lowest BCUT2D eigenvalue weighted by Gasteiger charge is -2.13. The van der Waals surface area contributed by atoms with Crippen LogP contribution in [0.25, 0.3) is 126 Å². The molecule has 66 heavy (non-hydrogen) atoms. The van der Waals surface area contributed by atoms with Crippen LogP contribution in [0.3, 0.4) is 0 Å². The molecule has 1 nitrogen and oxygen atoms in total. The first-order valence-electron chi connectivity index (χ1n) is 23.0. The highest BCUT2D eigenvalue weighted by molar-refractivity contribution is 6.73. The first-order valence-corrected chi connectivity index (χ1v) is 24.4. The Labute approximate surface area is 385 Å². The zero-order chi connectivity index (χ0) is 43.3. The lowest BCUT2D eigenvalue weighted by Crippen LogP contribution is -2.21. The molecule has 0 saturated heterocycles. The van der Waals surface area contributed by atoms with Crippen molar-refractivity contribution >= 4 is 84.8 Å². The minimum Gasteiger partial charge on any atom is -0.309 e. The first-order chi connectivity index (χ1) is 32.7. The fraction of sp³-hybridized carbons (Fsp3) is 0. The van der Waals surface area contributed by atoms with Crippen molar-refractivity contribution in [3.63, 3.8) is 0 Å². The van der Waals surface area contributed by atoms with E-state index >= 15 is 0 Å². The standard InChI is InChI=1S/C64H41NSi/c1-2-12-40(13-3-1)41-22-24-42(25-23-41)43-26-30-55-56-31-29-48(39-64(56)66-63(55)38-43)65-61-32-27-46(57-34-44-14-4-6-16-49(44)51-18-8-10-20-53(51)57)36-59(61)60-37-47(28-33-62(60)65)58-35-45-15-5-7-17-50(45)52-19-9-11-21-54(52)58/h1-39H,66H2. The summed E-state index contributed by atoms with van der Waals surface area (Å²) >= 11 is 0. The Bertz CT molecular complexity index is 3950. The highest BCUT2D eigenvalue weighted by Crippen LogP contribution is 2.42. The predicted octanol–water partition coefficient (Wildman–Crippen LogP) is 15.2. The summed E-state index contributed by atoms with van der Waals surface area (Å²) in [4.78, 5) is 0. The van der Waals surface area contributed by atoms with Gasteiger partial charge in [-0.2, -0.15) is 0 Å². The third-order valence-corrected chi connectivity index (χ3v) is 16.3. The quantitative estimate of drug-likeness (QED) is 0.120. The van der Waals surface area contributed by atoms with Gasteiger partial charge < -0.3 is 4.57 Å². The van der Waals surface area contributed by atoms with Gasteiger partial charge in [0.05, 0.1) is 20.6 Å². The Morgan fingerprint density at radius 3 is 1.24 bits per heavy atom. The van der Waals surface area contributed by atoms with Crippen molar-refractivity contribution in [1.29, 1.82) is 0 Å². The van der Waals surface area contributed by atoms with E-state index in [1.165, 1.54) is 137 Å². The number of hydrogen-bond donors (Lipinski definition) is 0. The van der Waals surface area contributed by atoms with Crippen LogP contribution in [0.15, 0.2) is 237 Å². The van der Waals surface area contributed by atoms with E-state index in [-0.39, 0.29) is 0 Å². The normalized spacial score (nSPS) is 12.5. The molecule has 14 rings (SSSR count). The average molecular weight is 852 g/mol. The molecule has 0 aliphatic carbocycles. The molecule has 0 bridgehead atoms. The van der Waals surface area contributed by atoms with Gasteiger partial charge in [-0.05, 0) is 147 Å². The van der Waals surface area contributed by atoms with Crippen LogP contribution < -0.4 is 10.4 Å². The van der Waals surface area contributed by atoms with Gasteiger partial charge in [0.15, 0.2) is 0 Å². The summed E-state index contributed by atoms with van der Waals surface area (Å²) in [6.45, 7) is 0. The molecule has 1 aromatic heterocycles. The molecule has 0 unspecified atom stereocenters. The zero-order valence-electron chi connectivity index (χ0n) is 36.2. The van der Waals surface area contributed by atoms with Crippen molar-refractivity contribution < 1.29 is 0 Å². The Morgan fingerprint density at radius 2 is 0.667 bits per heavy atom. The van der Waals surface area contributed by atoms with Crippen molar-refractivity contribution in [3.8, 4) is 61.3 Å². The van der Waals surface area contributed by atoms with Crippen molar-refractivity contribution in [2.75, 3.05) is 0 Å². The Hall–Kier alpha value is -8.30. The van der Waals surface area contributed by atoms with Crippen LogP contribution >= 0.6 is 0 Å². The summed E-state index contributed by atoms with van der Waals surface area (Å²) in [7, 11) is -0.720. The Balaban J connectivity index is 0.925. The maximum Gasteiger partial charge on any atom is 0.0892 e. The Morgan fingerprint density at radius 1 is 0.242 bits per heavy atom. The molecule has 0 spiro atoms. The minimum absolute atomic E-state index is 0.720. The second-order valence-corrected chi connectivity index (χ2v) is 19.9. The van der Waals surface area contributed by atoms with Gasteiger partial charge in [-0.3, -0.25) is 0 Å². The van der Waals surface area contributed by atoms with Crippen molar-refractivity contribution in [2.45, 2.75) is 0 Å². The summed E-state index contributed by atoms with van der Waals surface area (Å²) in [6.07, 6.45) is 0. The smallest absolute Gasteiger partial charge is 0.0892 e. The van der Waals surface area contributed by atoms with Gasteiger partial charge in [-0.15, -0.1) is 0 Å². The van der Waals surface area contributed by atoms with Crippen molar-refractivity contribution in [2.24, 2.45) is 0 Å². The van der Waals surface area contributed by atoms with Crippen LogP contribution in [0, 0.1) is 0 Å². The fourth-order valence-corrected chi connectivity index (χ4v) is 13.3. The molecule has 0 fully saturated rings. The SMILES string of the molecule is c1ccc(-c2ccc(-c3ccc4c(c3)[SiH2]c3cc(-n5c6ccc(-c7cc8ccccc8c8ccccc78)cc6c6cc(-c7cc8ccccc8c8ccccc78)ccc65)ccc3-4)cc2)cc1. The summed E-state index contributed by atoms with van der Waals surface area (Å²) in [5, 5.41) is 15.8. The van der Waals surface area contributed by atoms with Crippen LogP contribution in [-0.4, -0.2) is 14.1 Å². The van der Waals surface area contributed by atoms with E-state index in [1.807, 2.05) is 0 Å². The molecule has 0 radical (unpaired) electrons. The molecule has 0 N–H and O–H groups in total. The largest absolute Gasteiger partial charge is 0.309 e. The molecule has 2 heterocycles. The van der Waals surface area contributed by atoms with Crippen molar-refractivity contribution in [3.05, 3.63) is 237 Å². The average Bonchev–Trinajstić information content (AvgIpc) is 3.92. The van der Waals surface area contributed by atoms with Crippen LogP contribution in [0.1, 0.15) is 0 Å². The maximum atomic E-state index is 2.52. The summed E-state index contributed by atoms with van der Waals surface area (Å²) in [5.41, 5.74) is 16.5. The van der Waals surface area contributed by atoms with Gasteiger partial charge in [0.2, 0.25) is 0 Å². The first kappa shape index (κ1) is 37.1. The van der Waals surface area contributed by atoms with Gasteiger partial charge in [0.25, 0.3) is 0 Å². The predicted molar refractivity (Wildman–Crippen MR) is 286 cm³/mol. The summed E-state index contributed by atoms with van der Waals surface area (Å²) in [5.74, 6) is 0. The number of rotatable bonds is 5. The fourth-order valence-electron chi connectivity index (χ4n) is 11.2. The molecule has 1 aliphatic rings. The molecular weight excluding hydrogens is 811 g/mol. The number of hydrogen-bond acceptors (Lipinski definition) is 0. The van der Waals surface area contributed by atoms with E-state index in [1.54, 1.807) is 0 Å². The van der Waals surface area contributed by atoms with Gasteiger partial charge >= 0.3 is 0 Å². The number of nitrogens with zero attached hydrogens (tertiary/aromatic N) is 1. The van der Waals surface area contributed by atoms with E-state index < -0.39 is 9.52 Å². The lowest BCUT2D eigenvalue weighted by molar-refractivity contribution is 1.18. The van der Waals surface area contributed by atoms with Gasteiger partial charge in [-0.1, -0.05) is 198 Å². The maximum absolute atomic E-state index is 2.52.